The molecular weight excluding hydrogens is 380 g/mol. The molecule has 30 heavy (non-hydrogen) atoms. The Balaban J connectivity index is 1.45. The maximum atomic E-state index is 11.6. The van der Waals surface area contributed by atoms with Crippen LogP contribution < -0.4 is 5.32 Å². The molecule has 1 N–H and O–H groups in total. The number of hydrogen-bond donors (Lipinski definition) is 1. The Morgan fingerprint density at radius 2 is 2.00 bits per heavy atom. The maximum Gasteiger partial charge on any atom is 0.320 e. The van der Waals surface area contributed by atoms with Crippen LogP contribution in [0.5, 0.6) is 0 Å². The van der Waals surface area contributed by atoms with Crippen molar-refractivity contribution in [3.8, 4) is 11.5 Å². The minimum absolute atomic E-state index is 0.0710. The lowest BCUT2D eigenvalue weighted by Crippen LogP contribution is -2.34. The Bertz CT molecular complexity index is 813. The van der Waals surface area contributed by atoms with Crippen LogP contribution in [0.15, 0.2) is 28.7 Å². The van der Waals surface area contributed by atoms with E-state index in [-0.39, 0.29) is 24.7 Å². The molecule has 1 fully saturated rings. The van der Waals surface area contributed by atoms with Crippen molar-refractivity contribution in [2.75, 3.05) is 13.1 Å². The lowest BCUT2D eigenvalue weighted by molar-refractivity contribution is -0.146. The van der Waals surface area contributed by atoms with Gasteiger partial charge in [0.05, 0.1) is 25.4 Å². The number of carbonyl (C=O) groups excluding carboxylic acids is 1. The van der Waals surface area contributed by atoms with Gasteiger partial charge in [-0.2, -0.15) is 0 Å². The smallest absolute Gasteiger partial charge is 0.320 e. The summed E-state index contributed by atoms with van der Waals surface area (Å²) in [5.74, 6) is 1.77. The van der Waals surface area contributed by atoms with Crippen molar-refractivity contribution in [1.82, 2.24) is 10.3 Å². The summed E-state index contributed by atoms with van der Waals surface area (Å²) in [7, 11) is 0. The van der Waals surface area contributed by atoms with E-state index in [9.17, 15) is 4.79 Å². The first kappa shape index (κ1) is 22.5. The zero-order valence-electron chi connectivity index (χ0n) is 18.6. The zero-order chi connectivity index (χ0) is 21.5. The maximum absolute atomic E-state index is 11.6. The van der Waals surface area contributed by atoms with Gasteiger partial charge in [0, 0.05) is 5.56 Å². The van der Waals surface area contributed by atoms with Crippen LogP contribution in [-0.4, -0.2) is 36.3 Å². The first-order chi connectivity index (χ1) is 14.4. The third-order valence-electron chi connectivity index (χ3n) is 5.45. The van der Waals surface area contributed by atoms with E-state index in [2.05, 4.69) is 29.4 Å². The number of benzene rings is 1. The standard InChI is InChI=1S/C24H34N2O4/c1-16(2)29-23(27)14-25-13-19-6-5-7-21(12-19)28-15-22-18(4)30-24(26-22)20-10-8-17(3)9-11-20/h8-11,16,19,21,25H,5-7,12-15H2,1-4H3. The van der Waals surface area contributed by atoms with E-state index in [1.807, 2.05) is 32.9 Å². The summed E-state index contributed by atoms with van der Waals surface area (Å²) >= 11 is 0. The molecule has 0 bridgehead atoms. The fraction of sp³-hybridized carbons (Fsp3) is 0.583. The van der Waals surface area contributed by atoms with Gasteiger partial charge in [0.25, 0.3) is 0 Å². The predicted molar refractivity (Wildman–Crippen MR) is 116 cm³/mol. The third kappa shape index (κ3) is 6.67. The molecule has 0 radical (unpaired) electrons. The highest BCUT2D eigenvalue weighted by Crippen LogP contribution is 2.28. The zero-order valence-corrected chi connectivity index (χ0v) is 18.6. The lowest BCUT2D eigenvalue weighted by Gasteiger charge is -2.29. The van der Waals surface area contributed by atoms with E-state index in [0.29, 0.717) is 18.4 Å². The van der Waals surface area contributed by atoms with Gasteiger partial charge in [-0.25, -0.2) is 4.98 Å². The number of nitrogens with one attached hydrogen (secondary N) is 1. The minimum atomic E-state index is -0.195. The fourth-order valence-corrected chi connectivity index (χ4v) is 3.84. The van der Waals surface area contributed by atoms with Crippen LogP contribution >= 0.6 is 0 Å². The molecule has 2 atom stereocenters. The van der Waals surface area contributed by atoms with Gasteiger partial charge < -0.3 is 19.2 Å². The number of oxazole rings is 1. The van der Waals surface area contributed by atoms with Crippen LogP contribution in [0.25, 0.3) is 11.5 Å². The summed E-state index contributed by atoms with van der Waals surface area (Å²) in [6.07, 6.45) is 4.50. The molecule has 2 aromatic rings. The van der Waals surface area contributed by atoms with Crippen molar-refractivity contribution in [3.05, 3.63) is 41.3 Å². The SMILES string of the molecule is Cc1ccc(-c2nc(COC3CCCC(CNCC(=O)OC(C)C)C3)c(C)o2)cc1. The molecule has 0 aliphatic heterocycles. The van der Waals surface area contributed by atoms with E-state index in [1.54, 1.807) is 0 Å². The number of esters is 1. The average molecular weight is 415 g/mol. The Labute approximate surface area is 179 Å². The molecule has 6 heteroatoms. The lowest BCUT2D eigenvalue weighted by atomic mass is 9.87. The van der Waals surface area contributed by atoms with Crippen LogP contribution in [0.2, 0.25) is 0 Å². The molecule has 6 nitrogen and oxygen atoms in total. The number of ether oxygens (including phenoxy) is 2. The number of aromatic nitrogens is 1. The van der Waals surface area contributed by atoms with Gasteiger partial charge in [-0.3, -0.25) is 4.79 Å². The van der Waals surface area contributed by atoms with Crippen molar-refractivity contribution in [2.24, 2.45) is 5.92 Å². The monoisotopic (exact) mass is 414 g/mol. The first-order valence-electron chi connectivity index (χ1n) is 11.0. The van der Waals surface area contributed by atoms with Gasteiger partial charge in [0.15, 0.2) is 0 Å². The number of rotatable bonds is 9. The van der Waals surface area contributed by atoms with Gasteiger partial charge in [-0.05, 0) is 71.6 Å². The molecule has 164 valence electrons. The highest BCUT2D eigenvalue weighted by molar-refractivity contribution is 5.71. The van der Waals surface area contributed by atoms with Crippen LogP contribution in [0.3, 0.4) is 0 Å². The summed E-state index contributed by atoms with van der Waals surface area (Å²) in [5, 5.41) is 3.23. The molecule has 1 aliphatic carbocycles. The second-order valence-electron chi connectivity index (χ2n) is 8.52. The molecule has 1 saturated carbocycles. The fourth-order valence-electron chi connectivity index (χ4n) is 3.84. The van der Waals surface area contributed by atoms with E-state index < -0.39 is 0 Å². The number of carbonyl (C=O) groups is 1. The molecular formula is C24H34N2O4. The Morgan fingerprint density at radius 3 is 2.73 bits per heavy atom. The molecule has 2 unspecified atom stereocenters. The molecule has 0 amide bonds. The third-order valence-corrected chi connectivity index (χ3v) is 5.45. The summed E-state index contributed by atoms with van der Waals surface area (Å²) in [6.45, 7) is 9.27. The van der Waals surface area contributed by atoms with Gasteiger partial charge >= 0.3 is 5.97 Å². The van der Waals surface area contributed by atoms with Crippen molar-refractivity contribution in [2.45, 2.75) is 72.2 Å². The van der Waals surface area contributed by atoms with E-state index in [4.69, 9.17) is 13.9 Å². The number of hydrogen-bond acceptors (Lipinski definition) is 6. The van der Waals surface area contributed by atoms with Crippen LogP contribution in [0, 0.1) is 19.8 Å². The highest BCUT2D eigenvalue weighted by Gasteiger charge is 2.23. The first-order valence-corrected chi connectivity index (χ1v) is 11.0. The Kier molecular flexibility index (Phi) is 8.05. The van der Waals surface area contributed by atoms with E-state index >= 15 is 0 Å². The van der Waals surface area contributed by atoms with Gasteiger partial charge in [0.1, 0.15) is 11.5 Å². The summed E-state index contributed by atoms with van der Waals surface area (Å²) in [5.41, 5.74) is 3.06. The molecule has 3 rings (SSSR count). The topological polar surface area (TPSA) is 73.6 Å². The van der Waals surface area contributed by atoms with Gasteiger partial charge in [0.2, 0.25) is 5.89 Å². The Morgan fingerprint density at radius 1 is 1.23 bits per heavy atom. The van der Waals surface area contributed by atoms with E-state index in [1.165, 1.54) is 5.56 Å². The second-order valence-corrected chi connectivity index (χ2v) is 8.52. The summed E-state index contributed by atoms with van der Waals surface area (Å²) < 4.78 is 17.2. The second kappa shape index (κ2) is 10.7. The van der Waals surface area contributed by atoms with Crippen molar-refractivity contribution >= 4 is 5.97 Å². The average Bonchev–Trinajstić information content (AvgIpc) is 3.07. The van der Waals surface area contributed by atoms with Gasteiger partial charge in [-0.15, -0.1) is 0 Å². The quantitative estimate of drug-likeness (QED) is 0.606. The molecule has 0 saturated heterocycles. The molecule has 1 aromatic heterocycles. The highest BCUT2D eigenvalue weighted by atomic mass is 16.5. The van der Waals surface area contributed by atoms with Crippen LogP contribution in [0.1, 0.15) is 56.5 Å². The van der Waals surface area contributed by atoms with Crippen LogP contribution in [-0.2, 0) is 20.9 Å². The molecule has 1 heterocycles. The van der Waals surface area contributed by atoms with Crippen molar-refractivity contribution in [1.29, 1.82) is 0 Å². The largest absolute Gasteiger partial charge is 0.462 e. The minimum Gasteiger partial charge on any atom is -0.462 e. The molecule has 1 aliphatic rings. The predicted octanol–water partition coefficient (Wildman–Crippen LogP) is 4.58. The normalized spacial score (nSPS) is 19.2. The van der Waals surface area contributed by atoms with Crippen molar-refractivity contribution in [3.63, 3.8) is 0 Å². The molecule has 1 aromatic carbocycles. The summed E-state index contributed by atoms with van der Waals surface area (Å²) in [4.78, 5) is 16.3. The molecule has 0 spiro atoms. The van der Waals surface area contributed by atoms with Crippen molar-refractivity contribution < 1.29 is 18.7 Å². The number of aryl methyl sites for hydroxylation is 2. The summed E-state index contributed by atoms with van der Waals surface area (Å²) in [6, 6.07) is 8.18. The van der Waals surface area contributed by atoms with Gasteiger partial charge in [-0.1, -0.05) is 24.1 Å². The van der Waals surface area contributed by atoms with Crippen LogP contribution in [0.4, 0.5) is 0 Å². The van der Waals surface area contributed by atoms with E-state index in [0.717, 1.165) is 49.2 Å². The number of nitrogens with zero attached hydrogens (tertiary/aromatic N) is 1. The Hall–Kier alpha value is -2.18.